The number of hydrogen-bond acceptors (Lipinski definition) is 5. The summed E-state index contributed by atoms with van der Waals surface area (Å²) in [6, 6.07) is 3.89. The van der Waals surface area contributed by atoms with Gasteiger partial charge < -0.3 is 25.0 Å². The number of rotatable bonds is 5. The number of ether oxygens (including phenoxy) is 1. The van der Waals surface area contributed by atoms with Crippen LogP contribution in [0.1, 0.15) is 36.5 Å². The third-order valence-corrected chi connectivity index (χ3v) is 6.74. The van der Waals surface area contributed by atoms with E-state index in [0.29, 0.717) is 45.1 Å². The van der Waals surface area contributed by atoms with E-state index >= 15 is 0 Å². The maximum atomic E-state index is 12.5. The molecule has 32 heavy (non-hydrogen) atoms. The van der Waals surface area contributed by atoms with E-state index in [9.17, 15) is 9.90 Å². The fourth-order valence-electron chi connectivity index (χ4n) is 4.87. The van der Waals surface area contributed by atoms with Gasteiger partial charge in [-0.25, -0.2) is 4.99 Å². The molecule has 0 atom stereocenters. The number of piperazine rings is 1. The van der Waals surface area contributed by atoms with Crippen molar-refractivity contribution >= 4 is 11.9 Å². The van der Waals surface area contributed by atoms with Crippen LogP contribution in [0, 0.1) is 0 Å². The molecule has 0 aromatic heterocycles. The summed E-state index contributed by atoms with van der Waals surface area (Å²) in [7, 11) is 0. The Morgan fingerprint density at radius 3 is 2.56 bits per heavy atom. The Kier molecular flexibility index (Phi) is 7.86. The molecule has 176 valence electrons. The standard InChI is InChI=1S/C24H37N5O3/c1-2-25-24(26-17-21-20-6-4-3-5-19(20)7-8-22(21)30)29-11-9-27(10-12-29)18-23(31)28-13-15-32-16-14-28/h7-8,30H,2-6,9-18H2,1H3,(H,25,26). The van der Waals surface area contributed by atoms with E-state index in [1.165, 1.54) is 24.0 Å². The number of aromatic hydroxyl groups is 1. The molecule has 4 rings (SSSR count). The number of aliphatic imine (C=N–C) groups is 1. The predicted molar refractivity (Wildman–Crippen MR) is 125 cm³/mol. The van der Waals surface area contributed by atoms with Gasteiger partial charge in [-0.05, 0) is 49.8 Å². The number of carbonyl (C=O) groups excluding carboxylic acids is 1. The van der Waals surface area contributed by atoms with Gasteiger partial charge in [-0.2, -0.15) is 0 Å². The summed E-state index contributed by atoms with van der Waals surface area (Å²) in [6.07, 6.45) is 4.53. The first kappa shape index (κ1) is 22.9. The Morgan fingerprint density at radius 1 is 1.06 bits per heavy atom. The van der Waals surface area contributed by atoms with Crippen LogP contribution in [0.2, 0.25) is 0 Å². The molecule has 1 aromatic rings. The molecule has 1 aliphatic carbocycles. The number of fused-ring (bicyclic) bond motifs is 1. The Morgan fingerprint density at radius 2 is 1.81 bits per heavy atom. The number of hydrogen-bond donors (Lipinski definition) is 2. The monoisotopic (exact) mass is 443 g/mol. The molecule has 8 heteroatoms. The van der Waals surface area contributed by atoms with Gasteiger partial charge in [-0.15, -0.1) is 0 Å². The molecule has 8 nitrogen and oxygen atoms in total. The van der Waals surface area contributed by atoms with E-state index in [4.69, 9.17) is 9.73 Å². The highest BCUT2D eigenvalue weighted by Crippen LogP contribution is 2.31. The highest BCUT2D eigenvalue weighted by atomic mass is 16.5. The van der Waals surface area contributed by atoms with Crippen LogP contribution in [-0.2, 0) is 28.9 Å². The molecule has 2 saturated heterocycles. The summed E-state index contributed by atoms with van der Waals surface area (Å²) in [5, 5.41) is 13.9. The molecule has 1 amide bonds. The maximum absolute atomic E-state index is 12.5. The van der Waals surface area contributed by atoms with Gasteiger partial charge in [0.1, 0.15) is 5.75 Å². The lowest BCUT2D eigenvalue weighted by Crippen LogP contribution is -2.54. The zero-order valence-electron chi connectivity index (χ0n) is 19.3. The quantitative estimate of drug-likeness (QED) is 0.526. The number of guanidine groups is 1. The van der Waals surface area contributed by atoms with Gasteiger partial charge in [-0.3, -0.25) is 9.69 Å². The van der Waals surface area contributed by atoms with Gasteiger partial charge in [0, 0.05) is 51.4 Å². The number of nitrogens with one attached hydrogen (secondary N) is 1. The lowest BCUT2D eigenvalue weighted by atomic mass is 9.88. The van der Waals surface area contributed by atoms with Crippen molar-refractivity contribution in [2.24, 2.45) is 4.99 Å². The molecule has 0 saturated carbocycles. The largest absolute Gasteiger partial charge is 0.508 e. The molecule has 2 heterocycles. The molecular formula is C24H37N5O3. The molecule has 0 unspecified atom stereocenters. The average Bonchev–Trinajstić information content (AvgIpc) is 2.84. The zero-order valence-corrected chi connectivity index (χ0v) is 19.3. The first-order valence-electron chi connectivity index (χ1n) is 12.1. The van der Waals surface area contributed by atoms with Gasteiger partial charge in [0.05, 0.1) is 26.3 Å². The fraction of sp³-hybridized carbons (Fsp3) is 0.667. The van der Waals surface area contributed by atoms with Crippen LogP contribution in [-0.4, -0.2) is 97.2 Å². The minimum atomic E-state index is 0.201. The van der Waals surface area contributed by atoms with Crippen LogP contribution in [0.15, 0.2) is 17.1 Å². The lowest BCUT2D eigenvalue weighted by Gasteiger charge is -2.37. The number of aryl methyl sites for hydroxylation is 1. The van der Waals surface area contributed by atoms with Crippen molar-refractivity contribution in [3.8, 4) is 5.75 Å². The van der Waals surface area contributed by atoms with Crippen molar-refractivity contribution in [2.75, 3.05) is 65.6 Å². The maximum Gasteiger partial charge on any atom is 0.236 e. The highest BCUT2D eigenvalue weighted by molar-refractivity contribution is 5.80. The van der Waals surface area contributed by atoms with E-state index in [-0.39, 0.29) is 5.91 Å². The van der Waals surface area contributed by atoms with Crippen LogP contribution in [0.5, 0.6) is 5.75 Å². The minimum absolute atomic E-state index is 0.201. The summed E-state index contributed by atoms with van der Waals surface area (Å²) >= 11 is 0. The van der Waals surface area contributed by atoms with E-state index < -0.39 is 0 Å². The van der Waals surface area contributed by atoms with E-state index in [1.54, 1.807) is 0 Å². The predicted octanol–water partition coefficient (Wildman–Crippen LogP) is 1.21. The number of phenolic OH excluding ortho intramolecular Hbond substituents is 1. The number of morpholine rings is 1. The van der Waals surface area contributed by atoms with Gasteiger partial charge in [0.2, 0.25) is 5.91 Å². The zero-order chi connectivity index (χ0) is 22.3. The number of phenols is 1. The topological polar surface area (TPSA) is 80.6 Å². The summed E-state index contributed by atoms with van der Waals surface area (Å²) in [6.45, 7) is 9.88. The summed E-state index contributed by atoms with van der Waals surface area (Å²) < 4.78 is 5.35. The van der Waals surface area contributed by atoms with Gasteiger partial charge in [0.15, 0.2) is 5.96 Å². The molecular weight excluding hydrogens is 406 g/mol. The second-order valence-corrected chi connectivity index (χ2v) is 8.83. The van der Waals surface area contributed by atoms with E-state index in [1.807, 2.05) is 11.0 Å². The van der Waals surface area contributed by atoms with Crippen LogP contribution in [0.3, 0.4) is 0 Å². The van der Waals surface area contributed by atoms with Crippen molar-refractivity contribution in [1.29, 1.82) is 0 Å². The van der Waals surface area contributed by atoms with Crippen molar-refractivity contribution in [3.05, 3.63) is 28.8 Å². The molecule has 0 radical (unpaired) electrons. The summed E-state index contributed by atoms with van der Waals surface area (Å²) in [5.74, 6) is 1.45. The number of benzene rings is 1. The van der Waals surface area contributed by atoms with E-state index in [2.05, 4.69) is 28.1 Å². The molecule has 2 fully saturated rings. The van der Waals surface area contributed by atoms with E-state index in [0.717, 1.165) is 57.1 Å². The number of carbonyl (C=O) groups is 1. The Balaban J connectivity index is 1.36. The molecule has 0 spiro atoms. The van der Waals surface area contributed by atoms with Gasteiger partial charge >= 0.3 is 0 Å². The van der Waals surface area contributed by atoms with Crippen molar-refractivity contribution < 1.29 is 14.6 Å². The Bertz CT molecular complexity index is 814. The summed E-state index contributed by atoms with van der Waals surface area (Å²) in [4.78, 5) is 23.9. The minimum Gasteiger partial charge on any atom is -0.508 e. The third kappa shape index (κ3) is 5.53. The SMILES string of the molecule is CCNC(=NCc1c(O)ccc2c1CCCC2)N1CCN(CC(=O)N2CCOCC2)CC1. The normalized spacial score (nSPS) is 20.2. The molecule has 0 bridgehead atoms. The van der Waals surface area contributed by atoms with Crippen molar-refractivity contribution in [3.63, 3.8) is 0 Å². The molecule has 1 aromatic carbocycles. The van der Waals surface area contributed by atoms with Gasteiger partial charge in [-0.1, -0.05) is 6.07 Å². The van der Waals surface area contributed by atoms with Gasteiger partial charge in [0.25, 0.3) is 0 Å². The van der Waals surface area contributed by atoms with Crippen LogP contribution >= 0.6 is 0 Å². The third-order valence-electron chi connectivity index (χ3n) is 6.74. The molecule has 2 aliphatic heterocycles. The second kappa shape index (κ2) is 11.0. The summed E-state index contributed by atoms with van der Waals surface area (Å²) in [5.41, 5.74) is 3.64. The first-order valence-corrected chi connectivity index (χ1v) is 12.1. The van der Waals surface area contributed by atoms with Crippen molar-refractivity contribution in [2.45, 2.75) is 39.2 Å². The Hall–Kier alpha value is -2.32. The second-order valence-electron chi connectivity index (χ2n) is 8.83. The van der Waals surface area contributed by atoms with Crippen LogP contribution in [0.4, 0.5) is 0 Å². The Labute approximate surface area is 191 Å². The van der Waals surface area contributed by atoms with Crippen LogP contribution in [0.25, 0.3) is 0 Å². The number of amides is 1. The molecule has 3 aliphatic rings. The van der Waals surface area contributed by atoms with Crippen LogP contribution < -0.4 is 5.32 Å². The smallest absolute Gasteiger partial charge is 0.236 e. The highest BCUT2D eigenvalue weighted by Gasteiger charge is 2.24. The molecule has 2 N–H and O–H groups in total. The lowest BCUT2D eigenvalue weighted by molar-refractivity contribution is -0.136. The van der Waals surface area contributed by atoms with Crippen molar-refractivity contribution in [1.82, 2.24) is 20.0 Å². The average molecular weight is 444 g/mol. The fourth-order valence-corrected chi connectivity index (χ4v) is 4.87. The number of nitrogens with zero attached hydrogens (tertiary/aromatic N) is 4. The first-order chi connectivity index (χ1) is 15.7.